The number of fused-ring (bicyclic) bond motifs is 5. The highest BCUT2D eigenvalue weighted by atomic mass is 16.1. The lowest BCUT2D eigenvalue weighted by atomic mass is 9.44. The first-order valence-electron chi connectivity index (χ1n) is 12.2. The van der Waals surface area contributed by atoms with Gasteiger partial charge >= 0.3 is 0 Å². The zero-order valence-corrected chi connectivity index (χ0v) is 18.8. The third-order valence-electron chi connectivity index (χ3n) is 10.3. The van der Waals surface area contributed by atoms with Crippen LogP contribution in [0.15, 0.2) is 6.20 Å². The average Bonchev–Trinajstić information content (AvgIpc) is 3.32. The molecule has 4 aliphatic rings. The quantitative estimate of drug-likeness (QED) is 0.704. The van der Waals surface area contributed by atoms with Gasteiger partial charge in [-0.2, -0.15) is 15.2 Å². The number of carbonyl (C=O) groups is 1. The standard InChI is InChI=1S/C25H36N4O/c1-16-8-10-24(2)17(12-16)4-5-19-20-6-7-22(25(20,3)11-9-21(19)24)23(30)15-29-27-14-18(13-26)28-29/h14,16-17,19-22H,4-12,15H2,1-3H3. The zero-order valence-electron chi connectivity index (χ0n) is 18.8. The molecule has 0 aromatic carbocycles. The van der Waals surface area contributed by atoms with E-state index in [0.717, 1.165) is 30.1 Å². The number of Topliss-reactive ketones (excluding diaryl/α,β-unsaturated/α-hetero) is 1. The Morgan fingerprint density at radius 3 is 2.67 bits per heavy atom. The molecule has 5 nitrogen and oxygen atoms in total. The number of hydrogen-bond acceptors (Lipinski definition) is 4. The van der Waals surface area contributed by atoms with E-state index in [9.17, 15) is 4.79 Å². The highest BCUT2D eigenvalue weighted by molar-refractivity contribution is 5.82. The first-order chi connectivity index (χ1) is 14.3. The Balaban J connectivity index is 1.34. The van der Waals surface area contributed by atoms with Crippen molar-refractivity contribution in [2.45, 2.75) is 85.1 Å². The molecular weight excluding hydrogens is 372 g/mol. The van der Waals surface area contributed by atoms with Crippen molar-refractivity contribution < 1.29 is 4.79 Å². The summed E-state index contributed by atoms with van der Waals surface area (Å²) in [4.78, 5) is 14.7. The molecule has 4 fully saturated rings. The predicted molar refractivity (Wildman–Crippen MR) is 114 cm³/mol. The lowest BCUT2D eigenvalue weighted by Crippen LogP contribution is -2.53. The molecule has 0 saturated heterocycles. The Morgan fingerprint density at radius 1 is 1.13 bits per heavy atom. The summed E-state index contributed by atoms with van der Waals surface area (Å²) in [6.45, 7) is 7.69. The van der Waals surface area contributed by atoms with E-state index in [1.165, 1.54) is 62.4 Å². The Bertz CT molecular complexity index is 871. The molecule has 1 aromatic rings. The fourth-order valence-corrected chi connectivity index (χ4v) is 8.68. The summed E-state index contributed by atoms with van der Waals surface area (Å²) in [5.41, 5.74) is 0.950. The summed E-state index contributed by atoms with van der Waals surface area (Å²) in [5, 5.41) is 17.2. The van der Waals surface area contributed by atoms with E-state index >= 15 is 0 Å². The molecule has 8 unspecified atom stereocenters. The van der Waals surface area contributed by atoms with Crippen molar-refractivity contribution >= 4 is 5.78 Å². The summed E-state index contributed by atoms with van der Waals surface area (Å²) in [7, 11) is 0. The van der Waals surface area contributed by atoms with Gasteiger partial charge in [-0.05, 0) is 91.8 Å². The molecular formula is C25H36N4O. The Kier molecular flexibility index (Phi) is 4.84. The molecule has 1 heterocycles. The van der Waals surface area contributed by atoms with Gasteiger partial charge in [0.1, 0.15) is 12.6 Å². The molecule has 4 aliphatic carbocycles. The lowest BCUT2D eigenvalue weighted by molar-refractivity contribution is -0.137. The van der Waals surface area contributed by atoms with Crippen LogP contribution in [0.3, 0.4) is 0 Å². The van der Waals surface area contributed by atoms with Gasteiger partial charge in [-0.1, -0.05) is 27.2 Å². The Labute approximate surface area is 180 Å². The van der Waals surface area contributed by atoms with Crippen LogP contribution in [-0.2, 0) is 11.3 Å². The zero-order chi connectivity index (χ0) is 21.1. The van der Waals surface area contributed by atoms with Crippen LogP contribution in [0.25, 0.3) is 0 Å². The maximum absolute atomic E-state index is 13.3. The molecule has 0 amide bonds. The molecule has 0 spiro atoms. The number of nitriles is 1. The molecule has 0 radical (unpaired) electrons. The van der Waals surface area contributed by atoms with Gasteiger partial charge in [-0.3, -0.25) is 4.79 Å². The summed E-state index contributed by atoms with van der Waals surface area (Å²) in [6.07, 6.45) is 13.2. The molecule has 30 heavy (non-hydrogen) atoms. The highest BCUT2D eigenvalue weighted by Crippen LogP contribution is 2.67. The second-order valence-electron chi connectivity index (χ2n) is 11.5. The van der Waals surface area contributed by atoms with Crippen molar-refractivity contribution in [1.29, 1.82) is 5.26 Å². The Morgan fingerprint density at radius 2 is 1.90 bits per heavy atom. The van der Waals surface area contributed by atoms with E-state index in [0.29, 0.717) is 11.3 Å². The van der Waals surface area contributed by atoms with Crippen LogP contribution in [0.5, 0.6) is 0 Å². The van der Waals surface area contributed by atoms with Crippen molar-refractivity contribution in [3.8, 4) is 6.07 Å². The molecule has 1 aromatic heterocycles. The van der Waals surface area contributed by atoms with E-state index in [1.54, 1.807) is 0 Å². The second-order valence-corrected chi connectivity index (χ2v) is 11.5. The fourth-order valence-electron chi connectivity index (χ4n) is 8.68. The van der Waals surface area contributed by atoms with Gasteiger partial charge in [0.15, 0.2) is 11.5 Å². The van der Waals surface area contributed by atoms with Crippen LogP contribution in [0, 0.1) is 57.7 Å². The minimum atomic E-state index is 0.122. The van der Waals surface area contributed by atoms with Crippen molar-refractivity contribution in [1.82, 2.24) is 15.0 Å². The van der Waals surface area contributed by atoms with Crippen LogP contribution in [0.1, 0.15) is 84.3 Å². The van der Waals surface area contributed by atoms with Crippen LogP contribution >= 0.6 is 0 Å². The topological polar surface area (TPSA) is 71.6 Å². The van der Waals surface area contributed by atoms with Crippen LogP contribution in [0.4, 0.5) is 0 Å². The third kappa shape index (κ3) is 2.97. The monoisotopic (exact) mass is 408 g/mol. The molecule has 4 saturated carbocycles. The maximum Gasteiger partial charge on any atom is 0.182 e. The van der Waals surface area contributed by atoms with Gasteiger partial charge in [-0.15, -0.1) is 5.10 Å². The second kappa shape index (κ2) is 7.18. The average molecular weight is 409 g/mol. The summed E-state index contributed by atoms with van der Waals surface area (Å²) in [5.74, 6) is 4.58. The number of ketones is 1. The van der Waals surface area contributed by atoms with Crippen LogP contribution < -0.4 is 0 Å². The minimum Gasteiger partial charge on any atom is -0.297 e. The Hall–Kier alpha value is -1.70. The van der Waals surface area contributed by atoms with E-state index in [2.05, 4.69) is 31.0 Å². The molecule has 0 bridgehead atoms. The fraction of sp³-hybridized carbons (Fsp3) is 0.840. The van der Waals surface area contributed by atoms with E-state index in [1.807, 2.05) is 6.07 Å². The number of hydrogen-bond donors (Lipinski definition) is 0. The first kappa shape index (κ1) is 20.2. The first-order valence-corrected chi connectivity index (χ1v) is 12.2. The van der Waals surface area contributed by atoms with E-state index in [4.69, 9.17) is 5.26 Å². The number of carbonyl (C=O) groups excluding carboxylic acids is 1. The van der Waals surface area contributed by atoms with Gasteiger partial charge in [0, 0.05) is 5.92 Å². The van der Waals surface area contributed by atoms with Crippen LogP contribution in [-0.4, -0.2) is 20.8 Å². The largest absolute Gasteiger partial charge is 0.297 e. The number of aromatic nitrogens is 3. The van der Waals surface area contributed by atoms with E-state index < -0.39 is 0 Å². The van der Waals surface area contributed by atoms with E-state index in [-0.39, 0.29) is 29.4 Å². The number of rotatable bonds is 3. The molecule has 8 atom stereocenters. The SMILES string of the molecule is CC1CCC2(C)C(CCC3C2CCC2(C)C(C(=O)Cn4ncc(C#N)n4)CCC32)C1. The molecule has 5 rings (SSSR count). The normalized spacial score (nSPS) is 45.1. The van der Waals surface area contributed by atoms with Crippen molar-refractivity contribution in [2.75, 3.05) is 0 Å². The van der Waals surface area contributed by atoms with Gasteiger partial charge in [0.2, 0.25) is 0 Å². The molecule has 0 N–H and O–H groups in total. The van der Waals surface area contributed by atoms with Crippen molar-refractivity contribution in [3.05, 3.63) is 11.9 Å². The lowest BCUT2D eigenvalue weighted by Gasteiger charge is -2.61. The molecule has 0 aliphatic heterocycles. The summed E-state index contributed by atoms with van der Waals surface area (Å²) < 4.78 is 0. The van der Waals surface area contributed by atoms with Crippen molar-refractivity contribution in [3.63, 3.8) is 0 Å². The van der Waals surface area contributed by atoms with Crippen molar-refractivity contribution in [2.24, 2.45) is 46.3 Å². The number of nitrogens with zero attached hydrogens (tertiary/aromatic N) is 4. The molecule has 162 valence electrons. The van der Waals surface area contributed by atoms with Gasteiger partial charge in [0.05, 0.1) is 6.20 Å². The highest BCUT2D eigenvalue weighted by Gasteiger charge is 2.60. The van der Waals surface area contributed by atoms with Gasteiger partial charge in [-0.25, -0.2) is 0 Å². The maximum atomic E-state index is 13.3. The van der Waals surface area contributed by atoms with Crippen LogP contribution in [0.2, 0.25) is 0 Å². The summed E-state index contributed by atoms with van der Waals surface area (Å²) in [6, 6.07) is 2.00. The smallest absolute Gasteiger partial charge is 0.182 e. The van der Waals surface area contributed by atoms with Gasteiger partial charge in [0.25, 0.3) is 0 Å². The minimum absolute atomic E-state index is 0.122. The third-order valence-corrected chi connectivity index (χ3v) is 10.3. The van der Waals surface area contributed by atoms with Gasteiger partial charge < -0.3 is 0 Å². The summed E-state index contributed by atoms with van der Waals surface area (Å²) >= 11 is 0. The molecule has 5 heteroatoms. The predicted octanol–water partition coefficient (Wildman–Crippen LogP) is 5.01.